The fourth-order valence-electron chi connectivity index (χ4n) is 2.52. The minimum absolute atomic E-state index is 0.0198. The summed E-state index contributed by atoms with van der Waals surface area (Å²) in [5, 5.41) is 0. The van der Waals surface area contributed by atoms with Crippen molar-refractivity contribution < 1.29 is 28.6 Å². The van der Waals surface area contributed by atoms with Gasteiger partial charge in [0, 0.05) is 19.9 Å². The van der Waals surface area contributed by atoms with Gasteiger partial charge in [-0.15, -0.1) is 0 Å². The minimum Gasteiger partial charge on any atom is -0.497 e. The van der Waals surface area contributed by atoms with Crippen molar-refractivity contribution in [1.82, 2.24) is 4.90 Å². The smallest absolute Gasteiger partial charge is 0.329 e. The largest absolute Gasteiger partial charge is 0.497 e. The number of hydrogen-bond acceptors (Lipinski definition) is 6. The molecule has 1 atom stereocenters. The maximum Gasteiger partial charge on any atom is 0.329 e. The van der Waals surface area contributed by atoms with Gasteiger partial charge in [0.25, 0.3) is 0 Å². The van der Waals surface area contributed by atoms with E-state index in [-0.39, 0.29) is 38.5 Å². The normalized spacial score (nSPS) is 11.4. The highest BCUT2D eigenvalue weighted by Crippen LogP contribution is 2.16. The molecule has 0 aromatic heterocycles. The van der Waals surface area contributed by atoms with Crippen LogP contribution in [0.2, 0.25) is 0 Å². The van der Waals surface area contributed by atoms with Crippen LogP contribution in [0, 0.1) is 0 Å². The molecule has 0 spiro atoms. The minimum atomic E-state index is -0.810. The molecule has 1 rings (SSSR count). The van der Waals surface area contributed by atoms with Gasteiger partial charge < -0.3 is 19.1 Å². The van der Waals surface area contributed by atoms with Crippen molar-refractivity contribution in [3.05, 3.63) is 29.8 Å². The van der Waals surface area contributed by atoms with Gasteiger partial charge in [0.15, 0.2) is 0 Å². The van der Waals surface area contributed by atoms with Crippen molar-refractivity contribution in [3.8, 4) is 5.75 Å². The number of benzene rings is 1. The first-order chi connectivity index (χ1) is 12.4. The van der Waals surface area contributed by atoms with Gasteiger partial charge in [-0.1, -0.05) is 12.1 Å². The SMILES string of the molecule is CCOC(=O)CCN(C(C)=O)C(Cc1ccc(OC)cc1)C(=O)OCC. The first kappa shape index (κ1) is 21.5. The van der Waals surface area contributed by atoms with Gasteiger partial charge in [-0.2, -0.15) is 0 Å². The van der Waals surface area contributed by atoms with E-state index >= 15 is 0 Å². The van der Waals surface area contributed by atoms with E-state index < -0.39 is 18.0 Å². The first-order valence-corrected chi connectivity index (χ1v) is 8.65. The van der Waals surface area contributed by atoms with Crippen molar-refractivity contribution in [2.75, 3.05) is 26.9 Å². The zero-order valence-electron chi connectivity index (χ0n) is 15.8. The maximum absolute atomic E-state index is 12.4. The van der Waals surface area contributed by atoms with E-state index in [2.05, 4.69) is 0 Å². The molecule has 1 amide bonds. The van der Waals surface area contributed by atoms with Crippen molar-refractivity contribution in [2.24, 2.45) is 0 Å². The summed E-state index contributed by atoms with van der Waals surface area (Å²) in [6.07, 6.45) is 0.303. The van der Waals surface area contributed by atoms with Crippen molar-refractivity contribution in [2.45, 2.75) is 39.7 Å². The second kappa shape index (κ2) is 11.1. The van der Waals surface area contributed by atoms with Crippen LogP contribution >= 0.6 is 0 Å². The third-order valence-corrected chi connectivity index (χ3v) is 3.79. The highest BCUT2D eigenvalue weighted by Gasteiger charge is 2.30. The van der Waals surface area contributed by atoms with Crippen LogP contribution in [0.3, 0.4) is 0 Å². The number of nitrogens with zero attached hydrogens (tertiary/aromatic N) is 1. The van der Waals surface area contributed by atoms with Gasteiger partial charge in [0.2, 0.25) is 5.91 Å². The summed E-state index contributed by atoms with van der Waals surface area (Å²) in [6.45, 7) is 5.36. The molecule has 1 aromatic rings. The Morgan fingerprint density at radius 2 is 1.65 bits per heavy atom. The zero-order valence-corrected chi connectivity index (χ0v) is 15.8. The Morgan fingerprint density at radius 3 is 2.15 bits per heavy atom. The van der Waals surface area contributed by atoms with Crippen LogP contribution in [0.4, 0.5) is 0 Å². The number of methoxy groups -OCH3 is 1. The number of carbonyl (C=O) groups excluding carboxylic acids is 3. The Labute approximate surface area is 154 Å². The van der Waals surface area contributed by atoms with Gasteiger partial charge in [-0.25, -0.2) is 4.79 Å². The summed E-state index contributed by atoms with van der Waals surface area (Å²) in [5.74, 6) is -0.513. The predicted molar refractivity (Wildman–Crippen MR) is 95.8 cm³/mol. The molecule has 7 heteroatoms. The molecule has 0 bridgehead atoms. The summed E-state index contributed by atoms with van der Waals surface area (Å²) >= 11 is 0. The molecule has 1 aromatic carbocycles. The highest BCUT2D eigenvalue weighted by molar-refractivity contribution is 5.84. The van der Waals surface area contributed by atoms with Crippen LogP contribution in [-0.2, 0) is 30.3 Å². The Balaban J connectivity index is 2.96. The Kier molecular flexibility index (Phi) is 9.19. The number of carbonyl (C=O) groups is 3. The van der Waals surface area contributed by atoms with Crippen LogP contribution in [0.15, 0.2) is 24.3 Å². The van der Waals surface area contributed by atoms with Gasteiger partial charge in [-0.3, -0.25) is 9.59 Å². The summed E-state index contributed by atoms with van der Waals surface area (Å²) in [5.41, 5.74) is 0.853. The van der Waals surface area contributed by atoms with E-state index in [1.165, 1.54) is 11.8 Å². The number of amides is 1. The average molecular weight is 365 g/mol. The lowest BCUT2D eigenvalue weighted by Crippen LogP contribution is -2.47. The monoisotopic (exact) mass is 365 g/mol. The number of hydrogen-bond donors (Lipinski definition) is 0. The molecule has 0 aliphatic carbocycles. The summed E-state index contributed by atoms with van der Waals surface area (Å²) in [6, 6.07) is 6.42. The summed E-state index contributed by atoms with van der Waals surface area (Å²) in [4.78, 5) is 37.5. The molecule has 0 heterocycles. The van der Waals surface area contributed by atoms with Crippen molar-refractivity contribution >= 4 is 17.8 Å². The molecule has 0 radical (unpaired) electrons. The zero-order chi connectivity index (χ0) is 19.5. The molecule has 0 saturated heterocycles. The maximum atomic E-state index is 12.4. The lowest BCUT2D eigenvalue weighted by atomic mass is 10.0. The average Bonchev–Trinajstić information content (AvgIpc) is 2.61. The molecular formula is C19H27NO6. The Bertz CT molecular complexity index is 599. The number of ether oxygens (including phenoxy) is 3. The van der Waals surface area contributed by atoms with Gasteiger partial charge in [-0.05, 0) is 31.5 Å². The fraction of sp³-hybridized carbons (Fsp3) is 0.526. The lowest BCUT2D eigenvalue weighted by molar-refractivity contribution is -0.155. The number of esters is 2. The molecule has 26 heavy (non-hydrogen) atoms. The third-order valence-electron chi connectivity index (χ3n) is 3.79. The van der Waals surface area contributed by atoms with E-state index in [4.69, 9.17) is 14.2 Å². The van der Waals surface area contributed by atoms with Crippen LogP contribution in [0.25, 0.3) is 0 Å². The number of rotatable bonds is 10. The molecule has 144 valence electrons. The van der Waals surface area contributed by atoms with E-state index in [1.54, 1.807) is 33.1 Å². The Morgan fingerprint density at radius 1 is 1.04 bits per heavy atom. The Hall–Kier alpha value is -2.57. The van der Waals surface area contributed by atoms with Crippen LogP contribution in [0.5, 0.6) is 5.75 Å². The third kappa shape index (κ3) is 6.74. The second-order valence-corrected chi connectivity index (χ2v) is 5.59. The van der Waals surface area contributed by atoms with Gasteiger partial charge >= 0.3 is 11.9 Å². The molecular weight excluding hydrogens is 338 g/mol. The van der Waals surface area contributed by atoms with Crippen LogP contribution < -0.4 is 4.74 Å². The molecule has 1 unspecified atom stereocenters. The fourth-order valence-corrected chi connectivity index (χ4v) is 2.52. The van der Waals surface area contributed by atoms with Crippen LogP contribution in [-0.4, -0.2) is 55.7 Å². The molecule has 0 aliphatic heterocycles. The lowest BCUT2D eigenvalue weighted by Gasteiger charge is -2.29. The molecule has 7 nitrogen and oxygen atoms in total. The first-order valence-electron chi connectivity index (χ1n) is 8.65. The molecule has 0 N–H and O–H groups in total. The van der Waals surface area contributed by atoms with Gasteiger partial charge in [0.1, 0.15) is 11.8 Å². The second-order valence-electron chi connectivity index (χ2n) is 5.59. The molecule has 0 aliphatic rings. The van der Waals surface area contributed by atoms with E-state index in [0.29, 0.717) is 5.75 Å². The topological polar surface area (TPSA) is 82.1 Å². The van der Waals surface area contributed by atoms with Crippen molar-refractivity contribution in [3.63, 3.8) is 0 Å². The summed E-state index contributed by atoms with van der Waals surface area (Å²) in [7, 11) is 1.57. The molecule has 0 saturated carbocycles. The van der Waals surface area contributed by atoms with Crippen LogP contribution in [0.1, 0.15) is 32.8 Å². The molecule has 0 fully saturated rings. The summed E-state index contributed by atoms with van der Waals surface area (Å²) < 4.78 is 15.2. The van der Waals surface area contributed by atoms with E-state index in [9.17, 15) is 14.4 Å². The highest BCUT2D eigenvalue weighted by atomic mass is 16.5. The quantitative estimate of drug-likeness (QED) is 0.590. The van der Waals surface area contributed by atoms with E-state index in [0.717, 1.165) is 5.56 Å². The van der Waals surface area contributed by atoms with E-state index in [1.807, 2.05) is 12.1 Å². The standard InChI is InChI=1S/C19H27NO6/c1-5-25-18(22)11-12-20(14(3)21)17(19(23)26-6-2)13-15-7-9-16(24-4)10-8-15/h7-10,17H,5-6,11-13H2,1-4H3. The predicted octanol–water partition coefficient (Wildman–Crippen LogP) is 1.97. The van der Waals surface area contributed by atoms with Gasteiger partial charge in [0.05, 0.1) is 26.7 Å². The van der Waals surface area contributed by atoms with Crippen molar-refractivity contribution in [1.29, 1.82) is 0 Å².